The number of nitrogens with zero attached hydrogens (tertiary/aromatic N) is 2. The maximum absolute atomic E-state index is 13.8. The van der Waals surface area contributed by atoms with Gasteiger partial charge in [-0.2, -0.15) is 0 Å². The van der Waals surface area contributed by atoms with Crippen molar-refractivity contribution in [2.24, 2.45) is 4.99 Å². The minimum atomic E-state index is -0.610. The largest absolute Gasteiger partial charge is 0.497 e. The molecule has 0 radical (unpaired) electrons. The SMILES string of the molecule is COc1ccc(C)c(N=C2NC(=O)CC3CCC(c4cc(F)cc(F)c4)N23)c1. The van der Waals surface area contributed by atoms with Crippen LogP contribution in [0.2, 0.25) is 0 Å². The fourth-order valence-corrected chi connectivity index (χ4v) is 3.99. The lowest BCUT2D eigenvalue weighted by Crippen LogP contribution is -2.53. The third kappa shape index (κ3) is 3.44. The van der Waals surface area contributed by atoms with E-state index in [1.807, 2.05) is 24.0 Å². The van der Waals surface area contributed by atoms with Gasteiger partial charge in [0, 0.05) is 24.6 Å². The Kier molecular flexibility index (Phi) is 4.75. The molecule has 0 bridgehead atoms. The maximum atomic E-state index is 13.8. The van der Waals surface area contributed by atoms with Crippen LogP contribution in [0.5, 0.6) is 5.75 Å². The van der Waals surface area contributed by atoms with Crippen molar-refractivity contribution in [2.45, 2.75) is 38.3 Å². The maximum Gasteiger partial charge on any atom is 0.228 e. The molecule has 2 aliphatic heterocycles. The molecule has 0 spiro atoms. The standard InChI is InChI=1S/C21H21F2N3O2/c1-12-3-5-17(28-2)11-18(12)24-21-25-20(27)10-16-4-6-19(26(16)21)13-7-14(22)9-15(23)8-13/h3,5,7-9,11,16,19H,4,6,10H2,1-2H3,(H,24,25,27). The molecule has 2 unspecified atom stereocenters. The predicted octanol–water partition coefficient (Wildman–Crippen LogP) is 3.99. The number of carbonyl (C=O) groups is 1. The van der Waals surface area contributed by atoms with Gasteiger partial charge in [-0.05, 0) is 49.1 Å². The molecule has 2 aromatic carbocycles. The molecule has 1 amide bonds. The lowest BCUT2D eigenvalue weighted by Gasteiger charge is -2.37. The fourth-order valence-electron chi connectivity index (χ4n) is 3.99. The van der Waals surface area contributed by atoms with Crippen molar-refractivity contribution in [1.29, 1.82) is 0 Å². The van der Waals surface area contributed by atoms with Crippen molar-refractivity contribution in [1.82, 2.24) is 10.2 Å². The molecule has 2 heterocycles. The third-order valence-corrected chi connectivity index (χ3v) is 5.33. The van der Waals surface area contributed by atoms with Crippen LogP contribution in [0.25, 0.3) is 0 Å². The molecule has 1 N–H and O–H groups in total. The monoisotopic (exact) mass is 385 g/mol. The number of nitrogens with one attached hydrogen (secondary N) is 1. The van der Waals surface area contributed by atoms with Crippen molar-refractivity contribution in [3.8, 4) is 5.75 Å². The Labute approximate surface area is 162 Å². The molecule has 5 nitrogen and oxygen atoms in total. The summed E-state index contributed by atoms with van der Waals surface area (Å²) in [4.78, 5) is 18.9. The molecular weight excluding hydrogens is 364 g/mol. The number of halogens is 2. The molecule has 7 heteroatoms. The summed E-state index contributed by atoms with van der Waals surface area (Å²) in [6.07, 6.45) is 1.79. The van der Waals surface area contributed by atoms with Crippen molar-refractivity contribution in [3.05, 3.63) is 59.2 Å². The molecule has 0 saturated carbocycles. The van der Waals surface area contributed by atoms with Gasteiger partial charge >= 0.3 is 0 Å². The Hall–Kier alpha value is -2.96. The lowest BCUT2D eigenvalue weighted by molar-refractivity contribution is -0.121. The number of carbonyl (C=O) groups excluding carboxylic acids is 1. The van der Waals surface area contributed by atoms with Gasteiger partial charge in [0.15, 0.2) is 0 Å². The van der Waals surface area contributed by atoms with Gasteiger partial charge in [-0.25, -0.2) is 13.8 Å². The first-order chi connectivity index (χ1) is 13.4. The zero-order valence-electron chi connectivity index (χ0n) is 15.7. The number of aliphatic imine (C=N–C) groups is 1. The second kappa shape index (κ2) is 7.22. The van der Waals surface area contributed by atoms with Crippen LogP contribution in [-0.4, -0.2) is 29.9 Å². The number of rotatable bonds is 3. The summed E-state index contributed by atoms with van der Waals surface area (Å²) in [6.45, 7) is 1.92. The quantitative estimate of drug-likeness (QED) is 0.869. The van der Waals surface area contributed by atoms with E-state index >= 15 is 0 Å². The first-order valence-corrected chi connectivity index (χ1v) is 9.22. The summed E-state index contributed by atoms with van der Waals surface area (Å²) in [5.74, 6) is -0.256. The van der Waals surface area contributed by atoms with Crippen molar-refractivity contribution in [3.63, 3.8) is 0 Å². The van der Waals surface area contributed by atoms with Gasteiger partial charge in [0.2, 0.25) is 11.9 Å². The van der Waals surface area contributed by atoms with Crippen LogP contribution in [0.15, 0.2) is 41.4 Å². The second-order valence-electron chi connectivity index (χ2n) is 7.20. The van der Waals surface area contributed by atoms with Crippen molar-refractivity contribution in [2.75, 3.05) is 7.11 Å². The highest BCUT2D eigenvalue weighted by Crippen LogP contribution is 2.40. The number of hydrogen-bond donors (Lipinski definition) is 1. The van der Waals surface area contributed by atoms with E-state index < -0.39 is 11.6 Å². The molecule has 4 rings (SSSR count). The average molecular weight is 385 g/mol. The van der Waals surface area contributed by atoms with Gasteiger partial charge in [-0.15, -0.1) is 0 Å². The number of amides is 1. The van der Waals surface area contributed by atoms with Gasteiger partial charge in [0.05, 0.1) is 18.8 Å². The molecule has 146 valence electrons. The number of fused-ring (bicyclic) bond motifs is 1. The van der Waals surface area contributed by atoms with E-state index in [-0.39, 0.29) is 18.0 Å². The summed E-state index contributed by atoms with van der Waals surface area (Å²) < 4.78 is 32.8. The third-order valence-electron chi connectivity index (χ3n) is 5.33. The second-order valence-corrected chi connectivity index (χ2v) is 7.20. The van der Waals surface area contributed by atoms with E-state index in [2.05, 4.69) is 10.3 Å². The fraction of sp³-hybridized carbons (Fsp3) is 0.333. The number of methoxy groups -OCH3 is 1. The normalized spacial score (nSPS) is 22.9. The Morgan fingerprint density at radius 1 is 1.14 bits per heavy atom. The van der Waals surface area contributed by atoms with Crippen LogP contribution in [0.3, 0.4) is 0 Å². The van der Waals surface area contributed by atoms with Crippen LogP contribution >= 0.6 is 0 Å². The highest BCUT2D eigenvalue weighted by Gasteiger charge is 2.41. The number of ether oxygens (including phenoxy) is 1. The topological polar surface area (TPSA) is 53.9 Å². The van der Waals surface area contributed by atoms with E-state index in [4.69, 9.17) is 4.74 Å². The van der Waals surface area contributed by atoms with Gasteiger partial charge in [0.1, 0.15) is 17.4 Å². The molecule has 2 saturated heterocycles. The summed E-state index contributed by atoms with van der Waals surface area (Å²) in [5.41, 5.74) is 2.15. The Morgan fingerprint density at radius 2 is 1.89 bits per heavy atom. The zero-order chi connectivity index (χ0) is 19.8. The van der Waals surface area contributed by atoms with Crippen molar-refractivity contribution < 1.29 is 18.3 Å². The van der Waals surface area contributed by atoms with Crippen LogP contribution in [0.4, 0.5) is 14.5 Å². The number of benzene rings is 2. The smallest absolute Gasteiger partial charge is 0.228 e. The van der Waals surface area contributed by atoms with Gasteiger partial charge in [0.25, 0.3) is 0 Å². The Balaban J connectivity index is 1.76. The van der Waals surface area contributed by atoms with Gasteiger partial charge < -0.3 is 9.64 Å². The van der Waals surface area contributed by atoms with Crippen molar-refractivity contribution >= 4 is 17.6 Å². The van der Waals surface area contributed by atoms with E-state index in [0.717, 1.165) is 18.1 Å². The molecule has 2 atom stereocenters. The summed E-state index contributed by atoms with van der Waals surface area (Å²) >= 11 is 0. The molecule has 0 aromatic heterocycles. The molecule has 2 aliphatic rings. The minimum absolute atomic E-state index is 0.0465. The number of aryl methyl sites for hydroxylation is 1. The van der Waals surface area contributed by atoms with Gasteiger partial charge in [-0.3, -0.25) is 10.1 Å². The molecular formula is C21H21F2N3O2. The van der Waals surface area contributed by atoms with E-state index in [9.17, 15) is 13.6 Å². The molecule has 2 aromatic rings. The summed E-state index contributed by atoms with van der Waals surface area (Å²) in [6, 6.07) is 8.80. The van der Waals surface area contributed by atoms with E-state index in [1.54, 1.807) is 13.2 Å². The highest BCUT2D eigenvalue weighted by atomic mass is 19.1. The Morgan fingerprint density at radius 3 is 2.61 bits per heavy atom. The molecule has 2 fully saturated rings. The number of guanidine groups is 1. The minimum Gasteiger partial charge on any atom is -0.497 e. The molecule has 0 aliphatic carbocycles. The summed E-state index contributed by atoms with van der Waals surface area (Å²) in [7, 11) is 1.58. The van der Waals surface area contributed by atoms with Crippen LogP contribution in [0, 0.1) is 18.6 Å². The first-order valence-electron chi connectivity index (χ1n) is 9.22. The number of hydrogen-bond acceptors (Lipinski definition) is 3. The predicted molar refractivity (Wildman–Crippen MR) is 102 cm³/mol. The van der Waals surface area contributed by atoms with Crippen LogP contribution in [-0.2, 0) is 4.79 Å². The molecule has 28 heavy (non-hydrogen) atoms. The average Bonchev–Trinajstić information content (AvgIpc) is 3.06. The highest BCUT2D eigenvalue weighted by molar-refractivity contribution is 6.01. The van der Waals surface area contributed by atoms with E-state index in [0.29, 0.717) is 35.8 Å². The van der Waals surface area contributed by atoms with Crippen LogP contribution < -0.4 is 10.1 Å². The summed E-state index contributed by atoms with van der Waals surface area (Å²) in [5, 5.41) is 2.84. The Bertz CT molecular complexity index is 940. The zero-order valence-corrected chi connectivity index (χ0v) is 15.7. The van der Waals surface area contributed by atoms with Crippen LogP contribution in [0.1, 0.15) is 36.4 Å². The first kappa shape index (κ1) is 18.4. The lowest BCUT2D eigenvalue weighted by atomic mass is 10.0. The van der Waals surface area contributed by atoms with Gasteiger partial charge in [-0.1, -0.05) is 6.07 Å². The van der Waals surface area contributed by atoms with E-state index in [1.165, 1.54) is 12.1 Å².